The first kappa shape index (κ1) is 14.8. The molecular formula is C17H19FN2O2. The van der Waals surface area contributed by atoms with Gasteiger partial charge in [0.1, 0.15) is 5.75 Å². The molecule has 0 bridgehead atoms. The van der Waals surface area contributed by atoms with Crippen LogP contribution < -0.4 is 14.8 Å². The van der Waals surface area contributed by atoms with Crippen molar-refractivity contribution < 1.29 is 13.9 Å². The van der Waals surface area contributed by atoms with Crippen LogP contribution in [0.25, 0.3) is 0 Å². The Morgan fingerprint density at radius 1 is 1.23 bits per heavy atom. The van der Waals surface area contributed by atoms with Gasteiger partial charge in [0.05, 0.1) is 7.11 Å². The number of piperidine rings is 1. The van der Waals surface area contributed by atoms with E-state index in [4.69, 9.17) is 9.47 Å². The second kappa shape index (κ2) is 6.75. The quantitative estimate of drug-likeness (QED) is 0.939. The lowest BCUT2D eigenvalue weighted by atomic mass is 9.91. The van der Waals surface area contributed by atoms with Crippen LogP contribution >= 0.6 is 0 Å². The van der Waals surface area contributed by atoms with Crippen LogP contribution in [0.1, 0.15) is 24.3 Å². The first-order valence-corrected chi connectivity index (χ1v) is 7.45. The van der Waals surface area contributed by atoms with E-state index < -0.39 is 5.82 Å². The van der Waals surface area contributed by atoms with E-state index in [0.717, 1.165) is 31.5 Å². The third-order valence-corrected chi connectivity index (χ3v) is 3.93. The van der Waals surface area contributed by atoms with Gasteiger partial charge in [-0.2, -0.15) is 0 Å². The number of nitrogens with zero attached hydrogens (tertiary/aromatic N) is 1. The van der Waals surface area contributed by atoms with Gasteiger partial charge >= 0.3 is 0 Å². The fourth-order valence-corrected chi connectivity index (χ4v) is 2.73. The molecule has 1 aromatic carbocycles. The van der Waals surface area contributed by atoms with E-state index in [2.05, 4.69) is 10.3 Å². The molecule has 1 saturated heterocycles. The highest BCUT2D eigenvalue weighted by atomic mass is 19.1. The Morgan fingerprint density at radius 3 is 2.77 bits per heavy atom. The molecule has 0 unspecified atom stereocenters. The number of ether oxygens (including phenoxy) is 2. The van der Waals surface area contributed by atoms with Gasteiger partial charge in [-0.25, -0.2) is 9.37 Å². The molecule has 2 aromatic rings. The molecule has 1 N–H and O–H groups in total. The molecule has 2 heterocycles. The van der Waals surface area contributed by atoms with Crippen molar-refractivity contribution in [2.24, 2.45) is 0 Å². The maximum Gasteiger partial charge on any atom is 0.222 e. The first-order valence-electron chi connectivity index (χ1n) is 7.45. The zero-order valence-corrected chi connectivity index (χ0v) is 12.5. The Morgan fingerprint density at radius 2 is 2.05 bits per heavy atom. The van der Waals surface area contributed by atoms with Crippen molar-refractivity contribution in [2.75, 3.05) is 20.2 Å². The van der Waals surface area contributed by atoms with Gasteiger partial charge in [0, 0.05) is 17.8 Å². The van der Waals surface area contributed by atoms with Gasteiger partial charge < -0.3 is 14.8 Å². The largest absolute Gasteiger partial charge is 0.497 e. The van der Waals surface area contributed by atoms with Crippen molar-refractivity contribution in [1.82, 2.24) is 10.3 Å². The van der Waals surface area contributed by atoms with Crippen LogP contribution in [0, 0.1) is 5.82 Å². The zero-order chi connectivity index (χ0) is 15.4. The molecule has 1 aromatic heterocycles. The zero-order valence-electron chi connectivity index (χ0n) is 12.5. The van der Waals surface area contributed by atoms with Crippen LogP contribution in [0.15, 0.2) is 36.5 Å². The Labute approximate surface area is 129 Å². The Balaban J connectivity index is 1.86. The molecule has 0 atom stereocenters. The van der Waals surface area contributed by atoms with Crippen molar-refractivity contribution in [2.45, 2.75) is 18.8 Å². The van der Waals surface area contributed by atoms with Gasteiger partial charge in [0.2, 0.25) is 5.88 Å². The predicted octanol–water partition coefficient (Wildman–Crippen LogP) is 3.49. The lowest BCUT2D eigenvalue weighted by molar-refractivity contribution is 0.390. The predicted molar refractivity (Wildman–Crippen MR) is 82.1 cm³/mol. The molecule has 0 radical (unpaired) electrons. The molecule has 3 rings (SSSR count). The highest BCUT2D eigenvalue weighted by molar-refractivity contribution is 5.38. The molecule has 22 heavy (non-hydrogen) atoms. The number of halogens is 1. The second-order valence-electron chi connectivity index (χ2n) is 5.32. The highest BCUT2D eigenvalue weighted by Gasteiger charge is 2.20. The van der Waals surface area contributed by atoms with E-state index in [1.54, 1.807) is 18.3 Å². The van der Waals surface area contributed by atoms with Crippen molar-refractivity contribution in [3.63, 3.8) is 0 Å². The number of rotatable bonds is 4. The second-order valence-corrected chi connectivity index (χ2v) is 5.32. The fraction of sp³-hybridized carbons (Fsp3) is 0.353. The SMILES string of the molecule is COc1ccc(Oc2ncccc2C2CCNCC2)c(F)c1. The summed E-state index contributed by atoms with van der Waals surface area (Å²) < 4.78 is 24.8. The lowest BCUT2D eigenvalue weighted by Crippen LogP contribution is -2.26. The van der Waals surface area contributed by atoms with Crippen LogP contribution in [0.2, 0.25) is 0 Å². The molecule has 4 nitrogen and oxygen atoms in total. The van der Waals surface area contributed by atoms with E-state index in [-0.39, 0.29) is 5.75 Å². The number of pyridine rings is 1. The Kier molecular flexibility index (Phi) is 4.53. The Bertz CT molecular complexity index is 642. The van der Waals surface area contributed by atoms with Crippen LogP contribution in [0.3, 0.4) is 0 Å². The fourth-order valence-electron chi connectivity index (χ4n) is 2.73. The minimum absolute atomic E-state index is 0.162. The first-order chi connectivity index (χ1) is 10.8. The summed E-state index contributed by atoms with van der Waals surface area (Å²) in [5.74, 6) is 1.05. The van der Waals surface area contributed by atoms with Crippen LogP contribution in [-0.2, 0) is 0 Å². The molecule has 5 heteroatoms. The summed E-state index contributed by atoms with van der Waals surface area (Å²) in [5, 5.41) is 3.34. The van der Waals surface area contributed by atoms with Gasteiger partial charge in [-0.1, -0.05) is 6.07 Å². The monoisotopic (exact) mass is 302 g/mol. The molecule has 0 spiro atoms. The van der Waals surface area contributed by atoms with Crippen molar-refractivity contribution in [3.8, 4) is 17.4 Å². The number of hydrogen-bond acceptors (Lipinski definition) is 4. The van der Waals surface area contributed by atoms with Crippen molar-refractivity contribution in [1.29, 1.82) is 0 Å². The van der Waals surface area contributed by atoms with E-state index in [1.165, 1.54) is 13.2 Å². The van der Waals surface area contributed by atoms with E-state index in [0.29, 0.717) is 17.5 Å². The third kappa shape index (κ3) is 3.20. The number of hydrogen-bond donors (Lipinski definition) is 1. The minimum atomic E-state index is -0.457. The number of aromatic nitrogens is 1. The maximum absolute atomic E-state index is 14.1. The number of methoxy groups -OCH3 is 1. The van der Waals surface area contributed by atoms with Crippen LogP contribution in [0.5, 0.6) is 17.4 Å². The van der Waals surface area contributed by atoms with E-state index in [1.807, 2.05) is 12.1 Å². The Hall–Kier alpha value is -2.14. The summed E-state index contributed by atoms with van der Waals surface area (Å²) in [4.78, 5) is 4.29. The molecule has 1 fully saturated rings. The maximum atomic E-state index is 14.1. The van der Waals surface area contributed by atoms with Crippen LogP contribution in [-0.4, -0.2) is 25.2 Å². The summed E-state index contributed by atoms with van der Waals surface area (Å²) in [6.07, 6.45) is 3.74. The standard InChI is InChI=1S/C17H19FN2O2/c1-21-13-4-5-16(15(18)11-13)22-17-14(3-2-8-20-17)12-6-9-19-10-7-12/h2-5,8,11-12,19H,6-7,9-10H2,1H3. The van der Waals surface area contributed by atoms with Crippen molar-refractivity contribution >= 4 is 0 Å². The summed E-state index contributed by atoms with van der Waals surface area (Å²) in [5.41, 5.74) is 1.04. The molecule has 1 aliphatic rings. The number of benzene rings is 1. The summed E-state index contributed by atoms with van der Waals surface area (Å²) in [6.45, 7) is 1.96. The molecule has 1 aliphatic heterocycles. The van der Waals surface area contributed by atoms with E-state index >= 15 is 0 Å². The molecule has 0 saturated carbocycles. The number of nitrogens with one attached hydrogen (secondary N) is 1. The van der Waals surface area contributed by atoms with Crippen LogP contribution in [0.4, 0.5) is 4.39 Å². The molecular weight excluding hydrogens is 283 g/mol. The third-order valence-electron chi connectivity index (χ3n) is 3.93. The highest BCUT2D eigenvalue weighted by Crippen LogP contribution is 2.34. The van der Waals surface area contributed by atoms with Crippen molar-refractivity contribution in [3.05, 3.63) is 47.9 Å². The molecule has 0 amide bonds. The van der Waals surface area contributed by atoms with Gasteiger partial charge in [0.15, 0.2) is 11.6 Å². The molecule has 116 valence electrons. The topological polar surface area (TPSA) is 43.4 Å². The van der Waals surface area contributed by atoms with Gasteiger partial charge in [-0.05, 0) is 50.0 Å². The lowest BCUT2D eigenvalue weighted by Gasteiger charge is -2.24. The van der Waals surface area contributed by atoms with Gasteiger partial charge in [0.25, 0.3) is 0 Å². The smallest absolute Gasteiger partial charge is 0.222 e. The average molecular weight is 302 g/mol. The minimum Gasteiger partial charge on any atom is -0.497 e. The summed E-state index contributed by atoms with van der Waals surface area (Å²) in [6, 6.07) is 8.46. The average Bonchev–Trinajstić information content (AvgIpc) is 2.58. The van der Waals surface area contributed by atoms with E-state index in [9.17, 15) is 4.39 Å². The van der Waals surface area contributed by atoms with Gasteiger partial charge in [-0.3, -0.25) is 0 Å². The summed E-state index contributed by atoms with van der Waals surface area (Å²) in [7, 11) is 1.50. The normalized spacial score (nSPS) is 15.5. The van der Waals surface area contributed by atoms with Gasteiger partial charge in [-0.15, -0.1) is 0 Å². The molecule has 0 aliphatic carbocycles. The summed E-state index contributed by atoms with van der Waals surface area (Å²) >= 11 is 0.